The normalized spacial score (nSPS) is 11.5. The Morgan fingerprint density at radius 3 is 2.41 bits per heavy atom. The second kappa shape index (κ2) is 5.33. The van der Waals surface area contributed by atoms with Crippen molar-refractivity contribution in [3.63, 3.8) is 0 Å². The maximum absolute atomic E-state index is 12.2. The lowest BCUT2D eigenvalue weighted by molar-refractivity contribution is -0.137. The molecule has 4 nitrogen and oxygen atoms in total. The number of nitrogens with one attached hydrogen (secondary N) is 1. The number of benzene rings is 1. The number of carbonyl (C=O) groups excluding carboxylic acids is 1. The smallest absolute Gasteiger partial charge is 0.427 e. The van der Waals surface area contributed by atoms with E-state index in [0.717, 1.165) is 12.1 Å². The van der Waals surface area contributed by atoms with Gasteiger partial charge in [0.1, 0.15) is 0 Å². The predicted octanol–water partition coefficient (Wildman–Crippen LogP) is 2.40. The predicted molar refractivity (Wildman–Crippen MR) is 54.6 cm³/mol. The highest BCUT2D eigenvalue weighted by Gasteiger charge is 2.29. The number of hydrogen-bond donors (Lipinski definition) is 1. The number of ether oxygens (including phenoxy) is 1. The van der Waals surface area contributed by atoms with E-state index < -0.39 is 17.8 Å². The summed E-state index contributed by atoms with van der Waals surface area (Å²) in [6, 6.07) is 4.34. The number of alkyl halides is 3. The Kier molecular flexibility index (Phi) is 4.08. The topological polar surface area (TPSA) is 50.7 Å². The summed E-state index contributed by atoms with van der Waals surface area (Å²) in [6.07, 6.45) is -3.91. The standard InChI is InChI=1S/C10H9F3N2O2/c1-17-9(16)15-14-6-7-2-4-8(5-3-7)10(11,12)13/h2-6H,1H3,(H,15,16). The van der Waals surface area contributed by atoms with E-state index >= 15 is 0 Å². The van der Waals surface area contributed by atoms with Crippen LogP contribution < -0.4 is 5.43 Å². The number of halogens is 3. The molecule has 1 N–H and O–H groups in total. The lowest BCUT2D eigenvalue weighted by Crippen LogP contribution is -2.16. The second-order valence-electron chi connectivity index (χ2n) is 2.98. The van der Waals surface area contributed by atoms with Crippen LogP contribution in [0.1, 0.15) is 11.1 Å². The molecule has 0 aliphatic carbocycles. The van der Waals surface area contributed by atoms with E-state index in [4.69, 9.17) is 0 Å². The van der Waals surface area contributed by atoms with Gasteiger partial charge in [0.05, 0.1) is 18.9 Å². The monoisotopic (exact) mass is 246 g/mol. The van der Waals surface area contributed by atoms with Gasteiger partial charge >= 0.3 is 12.3 Å². The summed E-state index contributed by atoms with van der Waals surface area (Å²) in [7, 11) is 1.17. The van der Waals surface area contributed by atoms with Crippen molar-refractivity contribution in [3.05, 3.63) is 35.4 Å². The molecule has 0 aliphatic heterocycles. The molecule has 1 aromatic carbocycles. The highest BCUT2D eigenvalue weighted by Crippen LogP contribution is 2.28. The minimum absolute atomic E-state index is 0.425. The first kappa shape index (κ1) is 13.0. The fourth-order valence-electron chi connectivity index (χ4n) is 0.963. The number of rotatable bonds is 2. The van der Waals surface area contributed by atoms with Gasteiger partial charge in [0, 0.05) is 0 Å². The molecule has 1 aromatic rings. The molecular formula is C10H9F3N2O2. The molecule has 0 atom stereocenters. The Labute approximate surface area is 95.1 Å². The number of methoxy groups -OCH3 is 1. The lowest BCUT2D eigenvalue weighted by atomic mass is 10.1. The lowest BCUT2D eigenvalue weighted by Gasteiger charge is -2.05. The third-order valence-electron chi connectivity index (χ3n) is 1.79. The Hall–Kier alpha value is -2.05. The van der Waals surface area contributed by atoms with Crippen LogP contribution >= 0.6 is 0 Å². The van der Waals surface area contributed by atoms with Crippen molar-refractivity contribution in [3.8, 4) is 0 Å². The van der Waals surface area contributed by atoms with E-state index in [1.165, 1.54) is 25.5 Å². The van der Waals surface area contributed by atoms with Gasteiger partial charge in [-0.15, -0.1) is 0 Å². The number of nitrogens with zero attached hydrogens (tertiary/aromatic N) is 1. The molecule has 0 aliphatic rings. The van der Waals surface area contributed by atoms with E-state index in [-0.39, 0.29) is 0 Å². The van der Waals surface area contributed by atoms with Gasteiger partial charge in [-0.1, -0.05) is 12.1 Å². The van der Waals surface area contributed by atoms with Crippen molar-refractivity contribution < 1.29 is 22.7 Å². The molecule has 0 saturated heterocycles. The van der Waals surface area contributed by atoms with Crippen LogP contribution in [-0.2, 0) is 10.9 Å². The van der Waals surface area contributed by atoms with Crippen molar-refractivity contribution >= 4 is 12.3 Å². The molecule has 0 bridgehead atoms. The van der Waals surface area contributed by atoms with E-state index in [0.29, 0.717) is 5.56 Å². The zero-order valence-corrected chi connectivity index (χ0v) is 8.78. The minimum Gasteiger partial charge on any atom is -0.452 e. The van der Waals surface area contributed by atoms with Crippen molar-refractivity contribution in [1.29, 1.82) is 0 Å². The Bertz CT molecular complexity index is 413. The summed E-state index contributed by atoms with van der Waals surface area (Å²) in [4.78, 5) is 10.6. The molecule has 0 fully saturated rings. The van der Waals surface area contributed by atoms with Crippen LogP contribution in [0.4, 0.5) is 18.0 Å². The van der Waals surface area contributed by atoms with Gasteiger partial charge < -0.3 is 4.74 Å². The van der Waals surface area contributed by atoms with E-state index in [1.54, 1.807) is 0 Å². The van der Waals surface area contributed by atoms with Gasteiger partial charge in [0.2, 0.25) is 0 Å². The van der Waals surface area contributed by atoms with Gasteiger partial charge in [-0.2, -0.15) is 18.3 Å². The highest BCUT2D eigenvalue weighted by atomic mass is 19.4. The van der Waals surface area contributed by atoms with Gasteiger partial charge in [0.25, 0.3) is 0 Å². The van der Waals surface area contributed by atoms with Crippen LogP contribution in [0.25, 0.3) is 0 Å². The summed E-state index contributed by atoms with van der Waals surface area (Å²) >= 11 is 0. The van der Waals surface area contributed by atoms with Crippen molar-refractivity contribution in [2.75, 3.05) is 7.11 Å². The molecule has 0 saturated carbocycles. The van der Waals surface area contributed by atoms with Crippen LogP contribution in [0, 0.1) is 0 Å². The van der Waals surface area contributed by atoms with Crippen LogP contribution in [0.15, 0.2) is 29.4 Å². The zero-order valence-electron chi connectivity index (χ0n) is 8.78. The Balaban J connectivity index is 2.66. The SMILES string of the molecule is COC(=O)NN=Cc1ccc(C(F)(F)F)cc1. The molecule has 0 unspecified atom stereocenters. The molecular weight excluding hydrogens is 237 g/mol. The summed E-state index contributed by atoms with van der Waals surface area (Å²) < 4.78 is 40.9. The van der Waals surface area contributed by atoms with Gasteiger partial charge in [-0.05, 0) is 17.7 Å². The largest absolute Gasteiger partial charge is 0.452 e. The van der Waals surface area contributed by atoms with Gasteiger partial charge in [-0.3, -0.25) is 0 Å². The van der Waals surface area contributed by atoms with E-state index in [9.17, 15) is 18.0 Å². The van der Waals surface area contributed by atoms with Gasteiger partial charge in [0.15, 0.2) is 0 Å². The number of amides is 1. The Morgan fingerprint density at radius 1 is 1.35 bits per heavy atom. The molecule has 1 rings (SSSR count). The van der Waals surface area contributed by atoms with Crippen LogP contribution in [0.2, 0.25) is 0 Å². The molecule has 0 aromatic heterocycles. The highest BCUT2D eigenvalue weighted by molar-refractivity contribution is 5.80. The average molecular weight is 246 g/mol. The van der Waals surface area contributed by atoms with Crippen molar-refractivity contribution in [1.82, 2.24) is 5.43 Å². The molecule has 17 heavy (non-hydrogen) atoms. The molecule has 0 spiro atoms. The summed E-state index contributed by atoms with van der Waals surface area (Å²) in [5.41, 5.74) is 1.70. The molecule has 0 heterocycles. The van der Waals surface area contributed by atoms with Crippen LogP contribution in [0.3, 0.4) is 0 Å². The fourth-order valence-corrected chi connectivity index (χ4v) is 0.963. The number of carbonyl (C=O) groups is 1. The second-order valence-corrected chi connectivity index (χ2v) is 2.98. The van der Waals surface area contributed by atoms with Crippen LogP contribution in [-0.4, -0.2) is 19.4 Å². The minimum atomic E-state index is -4.36. The first-order chi connectivity index (χ1) is 7.93. The summed E-state index contributed by atoms with van der Waals surface area (Å²) in [5.74, 6) is 0. The van der Waals surface area contributed by atoms with Crippen molar-refractivity contribution in [2.24, 2.45) is 5.10 Å². The average Bonchev–Trinajstić information content (AvgIpc) is 2.28. The van der Waals surface area contributed by atoms with Crippen LogP contribution in [0.5, 0.6) is 0 Å². The maximum Gasteiger partial charge on any atom is 0.427 e. The fraction of sp³-hybridized carbons (Fsp3) is 0.200. The molecule has 7 heteroatoms. The third-order valence-corrected chi connectivity index (χ3v) is 1.79. The molecule has 92 valence electrons. The summed E-state index contributed by atoms with van der Waals surface area (Å²) in [6.45, 7) is 0. The first-order valence-corrected chi connectivity index (χ1v) is 4.48. The molecule has 1 amide bonds. The third kappa shape index (κ3) is 4.13. The molecule has 0 radical (unpaired) electrons. The maximum atomic E-state index is 12.2. The number of hydrogen-bond acceptors (Lipinski definition) is 3. The van der Waals surface area contributed by atoms with Gasteiger partial charge in [-0.25, -0.2) is 10.2 Å². The Morgan fingerprint density at radius 2 is 1.94 bits per heavy atom. The van der Waals surface area contributed by atoms with E-state index in [1.807, 2.05) is 5.43 Å². The van der Waals surface area contributed by atoms with Crippen molar-refractivity contribution in [2.45, 2.75) is 6.18 Å². The van der Waals surface area contributed by atoms with E-state index in [2.05, 4.69) is 9.84 Å². The quantitative estimate of drug-likeness (QED) is 0.643. The first-order valence-electron chi connectivity index (χ1n) is 4.48. The summed E-state index contributed by atoms with van der Waals surface area (Å²) in [5, 5.41) is 3.47. The zero-order chi connectivity index (χ0) is 12.9. The number of hydrazone groups is 1.